The first-order chi connectivity index (χ1) is 14.1. The van der Waals surface area contributed by atoms with Crippen molar-refractivity contribution >= 4 is 22.6 Å². The minimum absolute atomic E-state index is 0.0404. The molecule has 0 fully saturated rings. The van der Waals surface area contributed by atoms with Gasteiger partial charge in [0.05, 0.1) is 0 Å². The molecule has 0 spiro atoms. The Hall–Kier alpha value is -3.61. The van der Waals surface area contributed by atoms with E-state index in [0.29, 0.717) is 35.8 Å². The number of carbonyl (C=O) groups is 2. The summed E-state index contributed by atoms with van der Waals surface area (Å²) < 4.78 is 10.9. The van der Waals surface area contributed by atoms with Crippen LogP contribution in [0.4, 0.5) is 0 Å². The number of nitrogens with one attached hydrogen (secondary N) is 2. The zero-order valence-electron chi connectivity index (χ0n) is 15.7. The number of fused-ring (bicyclic) bond motifs is 2. The van der Waals surface area contributed by atoms with Crippen LogP contribution in [0.25, 0.3) is 10.9 Å². The molecule has 1 aliphatic rings. The van der Waals surface area contributed by atoms with Gasteiger partial charge in [0.15, 0.2) is 17.3 Å². The van der Waals surface area contributed by atoms with E-state index in [1.54, 1.807) is 24.3 Å². The van der Waals surface area contributed by atoms with Gasteiger partial charge in [-0.3, -0.25) is 14.4 Å². The van der Waals surface area contributed by atoms with Crippen LogP contribution in [0.5, 0.6) is 11.5 Å². The lowest BCUT2D eigenvalue weighted by Crippen LogP contribution is -2.27. The Morgan fingerprint density at radius 3 is 2.62 bits per heavy atom. The lowest BCUT2D eigenvalue weighted by atomic mass is 10.1. The van der Waals surface area contributed by atoms with Gasteiger partial charge in [-0.15, -0.1) is 0 Å². The highest BCUT2D eigenvalue weighted by Gasteiger charge is 2.16. The van der Waals surface area contributed by atoms with Gasteiger partial charge in [-0.05, 0) is 35.7 Å². The topological polar surface area (TPSA) is 97.5 Å². The first kappa shape index (κ1) is 18.7. The third-order valence-corrected chi connectivity index (χ3v) is 4.75. The van der Waals surface area contributed by atoms with Crippen LogP contribution in [0.2, 0.25) is 0 Å². The fraction of sp³-hybridized carbons (Fsp3) is 0.227. The van der Waals surface area contributed by atoms with E-state index in [2.05, 4.69) is 10.3 Å². The minimum atomic E-state index is -0.288. The average molecular weight is 392 g/mol. The predicted octanol–water partition coefficient (Wildman–Crippen LogP) is 2.58. The molecule has 7 heteroatoms. The van der Waals surface area contributed by atoms with Crippen molar-refractivity contribution in [2.75, 3.05) is 13.2 Å². The highest BCUT2D eigenvalue weighted by atomic mass is 16.6. The molecule has 1 aromatic heterocycles. The van der Waals surface area contributed by atoms with Crippen LogP contribution in [0.15, 0.2) is 53.3 Å². The van der Waals surface area contributed by atoms with Crippen molar-refractivity contribution in [1.29, 1.82) is 0 Å². The van der Waals surface area contributed by atoms with Crippen molar-refractivity contribution in [3.05, 3.63) is 70.0 Å². The number of Topliss-reactive ketones (excluding diaryl/α,β-unsaturated/α-hetero) is 1. The number of carbonyl (C=O) groups excluding carboxylic acids is 2. The van der Waals surface area contributed by atoms with Gasteiger partial charge in [-0.25, -0.2) is 0 Å². The molecule has 0 bridgehead atoms. The van der Waals surface area contributed by atoms with Gasteiger partial charge in [-0.1, -0.05) is 18.2 Å². The number of hydrogen-bond acceptors (Lipinski definition) is 5. The van der Waals surface area contributed by atoms with Gasteiger partial charge in [0.1, 0.15) is 13.2 Å². The quantitative estimate of drug-likeness (QED) is 0.629. The molecular formula is C22H20N2O5. The Labute approximate surface area is 166 Å². The van der Waals surface area contributed by atoms with Crippen molar-refractivity contribution in [2.45, 2.75) is 19.4 Å². The average Bonchev–Trinajstić information content (AvgIpc) is 2.75. The standard InChI is InChI=1S/C22H20N2O5/c25-18(15-5-7-19-20(12-15)29-10-9-28-19)6-8-21(26)23-13-16-11-14-3-1-2-4-17(14)24-22(16)27/h1-5,7,11-12H,6,8-10,13H2,(H,23,26)(H,24,27). The van der Waals surface area contributed by atoms with Crippen LogP contribution in [-0.2, 0) is 11.3 Å². The lowest BCUT2D eigenvalue weighted by Gasteiger charge is -2.18. The van der Waals surface area contributed by atoms with Gasteiger partial charge in [-0.2, -0.15) is 0 Å². The number of aromatic nitrogens is 1. The summed E-state index contributed by atoms with van der Waals surface area (Å²) in [5.41, 5.74) is 1.46. The minimum Gasteiger partial charge on any atom is -0.486 e. The van der Waals surface area contributed by atoms with E-state index in [4.69, 9.17) is 9.47 Å². The Morgan fingerprint density at radius 2 is 1.76 bits per heavy atom. The highest BCUT2D eigenvalue weighted by molar-refractivity contribution is 5.98. The molecule has 0 radical (unpaired) electrons. The summed E-state index contributed by atoms with van der Waals surface area (Å²) in [6, 6.07) is 14.2. The molecule has 7 nitrogen and oxygen atoms in total. The van der Waals surface area contributed by atoms with Crippen LogP contribution >= 0.6 is 0 Å². The van der Waals surface area contributed by atoms with Gasteiger partial charge < -0.3 is 19.8 Å². The van der Waals surface area contributed by atoms with Crippen molar-refractivity contribution in [1.82, 2.24) is 10.3 Å². The number of H-pyrrole nitrogens is 1. The summed E-state index contributed by atoms with van der Waals surface area (Å²) in [5, 5.41) is 3.60. The van der Waals surface area contributed by atoms with E-state index in [1.165, 1.54) is 0 Å². The van der Waals surface area contributed by atoms with E-state index >= 15 is 0 Å². The number of aromatic amines is 1. The zero-order valence-corrected chi connectivity index (χ0v) is 15.7. The van der Waals surface area contributed by atoms with Crippen LogP contribution in [-0.4, -0.2) is 29.9 Å². The molecule has 2 heterocycles. The molecule has 0 aliphatic carbocycles. The van der Waals surface area contributed by atoms with Crippen molar-refractivity contribution in [3.63, 3.8) is 0 Å². The molecule has 0 saturated heterocycles. The van der Waals surface area contributed by atoms with Crippen LogP contribution in [0.1, 0.15) is 28.8 Å². The van der Waals surface area contributed by atoms with E-state index in [9.17, 15) is 14.4 Å². The van der Waals surface area contributed by atoms with E-state index in [0.717, 1.165) is 10.9 Å². The number of amides is 1. The van der Waals surface area contributed by atoms with E-state index in [1.807, 2.05) is 24.3 Å². The molecule has 1 amide bonds. The summed E-state index contributed by atoms with van der Waals surface area (Å²) in [4.78, 5) is 39.4. The van der Waals surface area contributed by atoms with Crippen LogP contribution < -0.4 is 20.3 Å². The number of hydrogen-bond donors (Lipinski definition) is 2. The predicted molar refractivity (Wildman–Crippen MR) is 107 cm³/mol. The number of ketones is 1. The van der Waals surface area contributed by atoms with Crippen molar-refractivity contribution in [2.24, 2.45) is 0 Å². The van der Waals surface area contributed by atoms with Gasteiger partial charge in [0, 0.05) is 36.0 Å². The van der Waals surface area contributed by atoms with Crippen molar-refractivity contribution in [3.8, 4) is 11.5 Å². The number of benzene rings is 2. The summed E-state index contributed by atoms with van der Waals surface area (Å²) in [6.07, 6.45) is 0.109. The molecule has 4 rings (SSSR count). The van der Waals surface area contributed by atoms with Crippen molar-refractivity contribution < 1.29 is 19.1 Å². The Kier molecular flexibility index (Phi) is 5.29. The lowest BCUT2D eigenvalue weighted by molar-refractivity contribution is -0.121. The molecule has 29 heavy (non-hydrogen) atoms. The summed E-state index contributed by atoms with van der Waals surface area (Å²) in [7, 11) is 0. The first-order valence-corrected chi connectivity index (χ1v) is 9.40. The molecule has 2 N–H and O–H groups in total. The van der Waals surface area contributed by atoms with Crippen LogP contribution in [0, 0.1) is 0 Å². The Balaban J connectivity index is 1.33. The van der Waals surface area contributed by atoms with E-state index < -0.39 is 0 Å². The SMILES string of the molecule is O=C(CCC(=O)c1ccc2c(c1)OCCO2)NCc1cc2ccccc2[nH]c1=O. The fourth-order valence-electron chi connectivity index (χ4n) is 3.19. The highest BCUT2D eigenvalue weighted by Crippen LogP contribution is 2.31. The van der Waals surface area contributed by atoms with Gasteiger partial charge in [0.2, 0.25) is 5.91 Å². The second-order valence-corrected chi connectivity index (χ2v) is 6.77. The second-order valence-electron chi connectivity index (χ2n) is 6.77. The number of para-hydroxylation sites is 1. The maximum Gasteiger partial charge on any atom is 0.253 e. The third kappa shape index (κ3) is 4.29. The fourth-order valence-corrected chi connectivity index (χ4v) is 3.19. The van der Waals surface area contributed by atoms with Crippen LogP contribution in [0.3, 0.4) is 0 Å². The molecular weight excluding hydrogens is 372 g/mol. The normalized spacial score (nSPS) is 12.6. The zero-order chi connectivity index (χ0) is 20.2. The largest absolute Gasteiger partial charge is 0.486 e. The maximum atomic E-state index is 12.4. The smallest absolute Gasteiger partial charge is 0.253 e. The number of rotatable bonds is 6. The molecule has 2 aromatic carbocycles. The summed E-state index contributed by atoms with van der Waals surface area (Å²) in [5.74, 6) is 0.720. The summed E-state index contributed by atoms with van der Waals surface area (Å²) >= 11 is 0. The second kappa shape index (κ2) is 8.18. The summed E-state index contributed by atoms with van der Waals surface area (Å²) in [6.45, 7) is 1.04. The first-order valence-electron chi connectivity index (χ1n) is 9.40. The Morgan fingerprint density at radius 1 is 0.966 bits per heavy atom. The maximum absolute atomic E-state index is 12.4. The number of pyridine rings is 1. The monoisotopic (exact) mass is 392 g/mol. The molecule has 0 atom stereocenters. The molecule has 3 aromatic rings. The molecule has 0 saturated carbocycles. The van der Waals surface area contributed by atoms with E-state index in [-0.39, 0.29) is 36.6 Å². The molecule has 0 unspecified atom stereocenters. The molecule has 148 valence electrons. The van der Waals surface area contributed by atoms with Gasteiger partial charge >= 0.3 is 0 Å². The number of ether oxygens (including phenoxy) is 2. The third-order valence-electron chi connectivity index (χ3n) is 4.75. The van der Waals surface area contributed by atoms with Gasteiger partial charge in [0.25, 0.3) is 5.56 Å². The Bertz CT molecular complexity index is 1140. The molecule has 1 aliphatic heterocycles.